The summed E-state index contributed by atoms with van der Waals surface area (Å²) in [5, 5.41) is 50.5. The van der Waals surface area contributed by atoms with Crippen molar-refractivity contribution in [2.24, 2.45) is 0 Å². The second-order valence-corrected chi connectivity index (χ2v) is 11.5. The predicted molar refractivity (Wildman–Crippen MR) is 154 cm³/mol. The van der Waals surface area contributed by atoms with E-state index in [0.717, 1.165) is 18.9 Å². The number of nitriles is 1. The molecule has 5 rings (SSSR count). The third kappa shape index (κ3) is 6.39. The molecule has 11 nitrogen and oxygen atoms in total. The van der Waals surface area contributed by atoms with Crippen molar-refractivity contribution in [1.29, 1.82) is 5.26 Å². The Bertz CT molecular complexity index is 1500. The third-order valence-corrected chi connectivity index (χ3v) is 8.35. The first-order chi connectivity index (χ1) is 20.6. The lowest BCUT2D eigenvalue weighted by Crippen LogP contribution is -2.63. The summed E-state index contributed by atoms with van der Waals surface area (Å²) >= 11 is 12.3. The number of methoxy groups -OCH3 is 1. The summed E-state index contributed by atoms with van der Waals surface area (Å²) in [6.07, 6.45) is -2.12. The van der Waals surface area contributed by atoms with E-state index in [1.54, 1.807) is 0 Å². The van der Waals surface area contributed by atoms with Gasteiger partial charge in [-0.05, 0) is 49.2 Å². The highest BCUT2D eigenvalue weighted by molar-refractivity contribution is 6.31. The van der Waals surface area contributed by atoms with Gasteiger partial charge in [-0.1, -0.05) is 41.3 Å². The second-order valence-electron chi connectivity index (χ2n) is 10.6. The number of rotatable bonds is 7. The van der Waals surface area contributed by atoms with Gasteiger partial charge in [-0.25, -0.2) is 9.07 Å². The van der Waals surface area contributed by atoms with E-state index in [0.29, 0.717) is 18.4 Å². The molecule has 2 heterocycles. The van der Waals surface area contributed by atoms with Crippen LogP contribution in [-0.2, 0) is 14.3 Å². The Labute approximate surface area is 256 Å². The molecule has 1 saturated carbocycles. The normalized spacial score (nSPS) is 27.4. The Morgan fingerprint density at radius 3 is 2.60 bits per heavy atom. The molecule has 0 spiro atoms. The number of carbonyl (C=O) groups excluding carboxylic acids is 1. The van der Waals surface area contributed by atoms with E-state index in [1.165, 1.54) is 53.2 Å². The Hall–Kier alpha value is -3.15. The summed E-state index contributed by atoms with van der Waals surface area (Å²) in [5.41, 5.74) is 1.08. The molecule has 7 atom stereocenters. The zero-order valence-corrected chi connectivity index (χ0v) is 24.6. The van der Waals surface area contributed by atoms with Gasteiger partial charge in [0.1, 0.15) is 35.9 Å². The lowest BCUT2D eigenvalue weighted by atomic mass is 9.88. The van der Waals surface area contributed by atoms with E-state index in [1.807, 2.05) is 6.07 Å². The van der Waals surface area contributed by atoms with E-state index in [4.69, 9.17) is 32.7 Å². The summed E-state index contributed by atoms with van der Waals surface area (Å²) in [6, 6.07) is 8.65. The van der Waals surface area contributed by atoms with E-state index in [-0.39, 0.29) is 27.0 Å². The van der Waals surface area contributed by atoms with Crippen LogP contribution in [-0.4, -0.2) is 86.5 Å². The first kappa shape index (κ1) is 31.3. The van der Waals surface area contributed by atoms with Crippen LogP contribution in [0.25, 0.3) is 11.3 Å². The van der Waals surface area contributed by atoms with Gasteiger partial charge in [0.05, 0.1) is 36.6 Å². The first-order valence-corrected chi connectivity index (χ1v) is 14.5. The van der Waals surface area contributed by atoms with Crippen LogP contribution in [0, 0.1) is 17.1 Å². The average molecular weight is 634 g/mol. The molecular weight excluding hydrogens is 604 g/mol. The van der Waals surface area contributed by atoms with Gasteiger partial charge in [0.15, 0.2) is 6.10 Å². The molecule has 43 heavy (non-hydrogen) atoms. The monoisotopic (exact) mass is 633 g/mol. The minimum atomic E-state index is -1.40. The minimum absolute atomic E-state index is 0.155. The SMILES string of the molecule is COC1C(C(=O)N(c2cc(Cl)cc(C#N)c2)[C@H]2CCCC[C@@H]2O)OC(CO)C(O)C1n1cc(-c2cc(F)cc(Cl)c2)nn1. The van der Waals surface area contributed by atoms with Gasteiger partial charge in [-0.15, -0.1) is 5.10 Å². The largest absolute Gasteiger partial charge is 0.394 e. The van der Waals surface area contributed by atoms with Crippen molar-refractivity contribution in [3.05, 3.63) is 64.0 Å². The molecule has 3 aromatic rings. The quantitative estimate of drug-likeness (QED) is 0.355. The number of nitrogens with zero attached hydrogens (tertiary/aromatic N) is 5. The molecule has 5 unspecified atom stereocenters. The van der Waals surface area contributed by atoms with E-state index < -0.39 is 60.9 Å². The molecule has 228 valence electrons. The van der Waals surface area contributed by atoms with Crippen molar-refractivity contribution in [1.82, 2.24) is 15.0 Å². The fraction of sp³-hybridized carbons (Fsp3) is 0.448. The van der Waals surface area contributed by atoms with Crippen molar-refractivity contribution in [2.45, 2.75) is 68.3 Å². The van der Waals surface area contributed by atoms with Crippen LogP contribution in [0.15, 0.2) is 42.6 Å². The van der Waals surface area contributed by atoms with Crippen molar-refractivity contribution in [3.63, 3.8) is 0 Å². The summed E-state index contributed by atoms with van der Waals surface area (Å²) < 4.78 is 27.0. The van der Waals surface area contributed by atoms with Gasteiger partial charge >= 0.3 is 0 Å². The minimum Gasteiger partial charge on any atom is -0.394 e. The van der Waals surface area contributed by atoms with Gasteiger partial charge in [-0.2, -0.15) is 5.26 Å². The molecule has 1 amide bonds. The molecule has 2 aliphatic rings. The number of amides is 1. The fourth-order valence-electron chi connectivity index (χ4n) is 5.91. The number of aliphatic hydroxyl groups excluding tert-OH is 3. The van der Waals surface area contributed by atoms with E-state index >= 15 is 0 Å². The second kappa shape index (κ2) is 13.2. The van der Waals surface area contributed by atoms with Crippen molar-refractivity contribution in [2.75, 3.05) is 18.6 Å². The number of aliphatic hydroxyl groups is 3. The summed E-state index contributed by atoms with van der Waals surface area (Å²) in [6.45, 7) is -0.638. The molecule has 2 aromatic carbocycles. The molecule has 1 aliphatic carbocycles. The lowest BCUT2D eigenvalue weighted by Gasteiger charge is -2.46. The molecule has 3 N–H and O–H groups in total. The molecule has 1 aromatic heterocycles. The molecule has 1 aliphatic heterocycles. The highest BCUT2D eigenvalue weighted by Gasteiger charge is 2.52. The maximum absolute atomic E-state index is 14.5. The third-order valence-electron chi connectivity index (χ3n) is 7.91. The Balaban J connectivity index is 1.56. The number of hydrogen-bond donors (Lipinski definition) is 3. The zero-order chi connectivity index (χ0) is 30.8. The molecule has 1 saturated heterocycles. The number of anilines is 1. The maximum Gasteiger partial charge on any atom is 0.259 e. The van der Waals surface area contributed by atoms with Crippen molar-refractivity contribution in [3.8, 4) is 17.3 Å². The van der Waals surface area contributed by atoms with Crippen molar-refractivity contribution >= 4 is 34.8 Å². The standard InChI is InChI=1S/C29H30Cl2FN5O6/c1-42-27-25(36-13-21(34-35-36)16-8-18(31)10-19(32)9-16)26(40)24(14-38)43-28(27)29(41)37(22-4-2-3-5-23(22)39)20-7-15(12-33)6-17(30)11-20/h6-11,13,22-28,38-40H,2-5,14H2,1H3/t22-,23-,24?,25?,26?,27?,28?/m0/s1. The summed E-state index contributed by atoms with van der Waals surface area (Å²) in [4.78, 5) is 15.9. The molecule has 14 heteroatoms. The number of carbonyl (C=O) groups is 1. The van der Waals surface area contributed by atoms with Gasteiger partial charge in [0.25, 0.3) is 5.91 Å². The van der Waals surface area contributed by atoms with Crippen LogP contribution < -0.4 is 4.90 Å². The molecule has 0 radical (unpaired) electrons. The van der Waals surface area contributed by atoms with Gasteiger partial charge in [0.2, 0.25) is 0 Å². The predicted octanol–water partition coefficient (Wildman–Crippen LogP) is 3.28. The summed E-state index contributed by atoms with van der Waals surface area (Å²) in [5.74, 6) is -1.20. The smallest absolute Gasteiger partial charge is 0.259 e. The van der Waals surface area contributed by atoms with Crippen LogP contribution in [0.5, 0.6) is 0 Å². The van der Waals surface area contributed by atoms with E-state index in [9.17, 15) is 29.8 Å². The van der Waals surface area contributed by atoms with E-state index in [2.05, 4.69) is 10.3 Å². The topological polar surface area (TPSA) is 154 Å². The zero-order valence-electron chi connectivity index (χ0n) is 23.1. The number of aromatic nitrogens is 3. The first-order valence-electron chi connectivity index (χ1n) is 13.7. The van der Waals surface area contributed by atoms with Gasteiger partial charge in [0, 0.05) is 28.4 Å². The Morgan fingerprint density at radius 2 is 1.93 bits per heavy atom. The van der Waals surface area contributed by atoms with Crippen LogP contribution in [0.2, 0.25) is 10.0 Å². The lowest BCUT2D eigenvalue weighted by molar-refractivity contribution is -0.211. The highest BCUT2D eigenvalue weighted by atomic mass is 35.5. The highest BCUT2D eigenvalue weighted by Crippen LogP contribution is 2.37. The van der Waals surface area contributed by atoms with Gasteiger partial charge < -0.3 is 29.7 Å². The molecule has 0 bridgehead atoms. The van der Waals surface area contributed by atoms with Crippen LogP contribution in [0.1, 0.15) is 37.3 Å². The molecule has 2 fully saturated rings. The van der Waals surface area contributed by atoms with Crippen LogP contribution in [0.3, 0.4) is 0 Å². The number of hydrogen-bond acceptors (Lipinski definition) is 9. The fourth-order valence-corrected chi connectivity index (χ4v) is 6.36. The number of benzene rings is 2. The number of halogens is 3. The van der Waals surface area contributed by atoms with Gasteiger partial charge in [-0.3, -0.25) is 4.79 Å². The van der Waals surface area contributed by atoms with Crippen LogP contribution in [0.4, 0.5) is 10.1 Å². The Morgan fingerprint density at radius 1 is 1.19 bits per heavy atom. The Kier molecular flexibility index (Phi) is 9.63. The summed E-state index contributed by atoms with van der Waals surface area (Å²) in [7, 11) is 1.34. The molecular formula is C29H30Cl2FN5O6. The number of ether oxygens (including phenoxy) is 2. The van der Waals surface area contributed by atoms with Crippen molar-refractivity contribution < 1.29 is 34.0 Å². The van der Waals surface area contributed by atoms with Crippen LogP contribution >= 0.6 is 23.2 Å². The maximum atomic E-state index is 14.5. The average Bonchev–Trinajstić information content (AvgIpc) is 3.47.